The van der Waals surface area contributed by atoms with E-state index in [1.807, 2.05) is 62.6 Å². The van der Waals surface area contributed by atoms with Crippen LogP contribution in [0.3, 0.4) is 0 Å². The summed E-state index contributed by atoms with van der Waals surface area (Å²) in [6, 6.07) is 15.5. The molecule has 0 bridgehead atoms. The molecule has 2 aromatic rings. The van der Waals surface area contributed by atoms with Gasteiger partial charge >= 0.3 is 0 Å². The van der Waals surface area contributed by atoms with E-state index in [9.17, 15) is 5.11 Å². The van der Waals surface area contributed by atoms with Crippen molar-refractivity contribution in [2.75, 3.05) is 21.2 Å². The molecule has 106 valence electrons. The van der Waals surface area contributed by atoms with Gasteiger partial charge < -0.3 is 14.7 Å². The van der Waals surface area contributed by atoms with Gasteiger partial charge in [-0.2, -0.15) is 0 Å². The summed E-state index contributed by atoms with van der Waals surface area (Å²) in [5, 5.41) is 10.7. The zero-order valence-corrected chi connectivity index (χ0v) is 12.2. The Labute approximate surface area is 120 Å². The maximum Gasteiger partial charge on any atom is 0.125 e. The Balaban J connectivity index is 2.47. The molecule has 3 heteroatoms. The fourth-order valence-electron chi connectivity index (χ4n) is 2.36. The van der Waals surface area contributed by atoms with Crippen LogP contribution >= 0.6 is 0 Å². The molecule has 0 radical (unpaired) electrons. The van der Waals surface area contributed by atoms with Gasteiger partial charge in [0.15, 0.2) is 0 Å². The number of rotatable bonds is 5. The van der Waals surface area contributed by atoms with Crippen LogP contribution in [0.4, 0.5) is 0 Å². The second-order valence-corrected chi connectivity index (χ2v) is 5.08. The second kappa shape index (κ2) is 6.55. The van der Waals surface area contributed by atoms with E-state index >= 15 is 0 Å². The molecule has 0 saturated carbocycles. The lowest BCUT2D eigenvalue weighted by molar-refractivity contribution is 0.212. The van der Waals surface area contributed by atoms with Crippen LogP contribution in [0.2, 0.25) is 0 Å². The highest BCUT2D eigenvalue weighted by molar-refractivity contribution is 5.45. The molecule has 20 heavy (non-hydrogen) atoms. The predicted octanol–water partition coefficient (Wildman–Crippen LogP) is 2.84. The predicted molar refractivity (Wildman–Crippen MR) is 80.9 cm³/mol. The van der Waals surface area contributed by atoms with E-state index in [-0.39, 0.29) is 0 Å². The molecule has 0 aromatic heterocycles. The fraction of sp³-hybridized carbons (Fsp3) is 0.294. The van der Waals surface area contributed by atoms with Crippen molar-refractivity contribution in [3.8, 4) is 5.75 Å². The third kappa shape index (κ3) is 3.18. The summed E-state index contributed by atoms with van der Waals surface area (Å²) in [6.45, 7) is 0.760. The summed E-state index contributed by atoms with van der Waals surface area (Å²) in [5.41, 5.74) is 2.79. The number of methoxy groups -OCH3 is 1. The van der Waals surface area contributed by atoms with Crippen molar-refractivity contribution in [3.63, 3.8) is 0 Å². The molecular weight excluding hydrogens is 250 g/mol. The summed E-state index contributed by atoms with van der Waals surface area (Å²) in [4.78, 5) is 2.08. The van der Waals surface area contributed by atoms with Crippen LogP contribution in [0.5, 0.6) is 5.75 Å². The highest BCUT2D eigenvalue weighted by Gasteiger charge is 2.19. The number of hydrogen-bond donors (Lipinski definition) is 1. The summed E-state index contributed by atoms with van der Waals surface area (Å²) >= 11 is 0. The van der Waals surface area contributed by atoms with E-state index in [0.29, 0.717) is 0 Å². The van der Waals surface area contributed by atoms with Gasteiger partial charge in [-0.3, -0.25) is 0 Å². The van der Waals surface area contributed by atoms with Crippen molar-refractivity contribution >= 4 is 0 Å². The highest BCUT2D eigenvalue weighted by Crippen LogP contribution is 2.33. The van der Waals surface area contributed by atoms with Crippen LogP contribution in [-0.4, -0.2) is 31.2 Å². The zero-order valence-electron chi connectivity index (χ0n) is 12.2. The van der Waals surface area contributed by atoms with Crippen LogP contribution in [0.25, 0.3) is 0 Å². The Kier molecular flexibility index (Phi) is 4.77. The molecule has 0 aliphatic carbocycles. The summed E-state index contributed by atoms with van der Waals surface area (Å²) in [6.07, 6.45) is -0.678. The van der Waals surface area contributed by atoms with E-state index < -0.39 is 6.10 Å². The Morgan fingerprint density at radius 2 is 1.75 bits per heavy atom. The van der Waals surface area contributed by atoms with Crippen LogP contribution < -0.4 is 4.74 Å². The lowest BCUT2D eigenvalue weighted by Gasteiger charge is -2.21. The molecular formula is C17H21NO2. The number of nitrogens with zero attached hydrogens (tertiary/aromatic N) is 1. The lowest BCUT2D eigenvalue weighted by atomic mass is 9.95. The van der Waals surface area contributed by atoms with Crippen molar-refractivity contribution in [3.05, 3.63) is 65.2 Å². The van der Waals surface area contributed by atoms with E-state index in [0.717, 1.165) is 29.0 Å². The van der Waals surface area contributed by atoms with Crippen LogP contribution in [0.15, 0.2) is 48.5 Å². The maximum atomic E-state index is 10.7. The van der Waals surface area contributed by atoms with Gasteiger partial charge in [0.25, 0.3) is 0 Å². The van der Waals surface area contributed by atoms with E-state index in [1.54, 1.807) is 7.11 Å². The van der Waals surface area contributed by atoms with Crippen molar-refractivity contribution < 1.29 is 9.84 Å². The quantitative estimate of drug-likeness (QED) is 0.907. The molecule has 0 heterocycles. The second-order valence-electron chi connectivity index (χ2n) is 5.08. The highest BCUT2D eigenvalue weighted by atomic mass is 16.5. The van der Waals surface area contributed by atoms with Crippen molar-refractivity contribution in [2.45, 2.75) is 12.6 Å². The van der Waals surface area contributed by atoms with Gasteiger partial charge in [0.1, 0.15) is 11.9 Å². The zero-order chi connectivity index (χ0) is 14.5. The van der Waals surface area contributed by atoms with E-state index in [1.165, 1.54) is 0 Å². The molecule has 0 aliphatic heterocycles. The molecule has 0 amide bonds. The van der Waals surface area contributed by atoms with Gasteiger partial charge in [-0.05, 0) is 31.3 Å². The van der Waals surface area contributed by atoms with Crippen molar-refractivity contribution in [1.82, 2.24) is 4.90 Å². The third-order valence-corrected chi connectivity index (χ3v) is 3.25. The van der Waals surface area contributed by atoms with Crippen LogP contribution in [0.1, 0.15) is 22.8 Å². The van der Waals surface area contributed by atoms with Crippen molar-refractivity contribution in [1.29, 1.82) is 0 Å². The number of benzene rings is 2. The average molecular weight is 271 g/mol. The molecule has 0 aliphatic rings. The smallest absolute Gasteiger partial charge is 0.125 e. The minimum absolute atomic E-state index is 0.678. The first-order chi connectivity index (χ1) is 9.63. The largest absolute Gasteiger partial charge is 0.496 e. The first-order valence-electron chi connectivity index (χ1n) is 6.67. The summed E-state index contributed by atoms with van der Waals surface area (Å²) in [7, 11) is 5.66. The molecule has 2 aromatic carbocycles. The fourth-order valence-corrected chi connectivity index (χ4v) is 2.36. The van der Waals surface area contributed by atoms with E-state index in [4.69, 9.17) is 4.74 Å². The number of aliphatic hydroxyl groups is 1. The van der Waals surface area contributed by atoms with E-state index in [2.05, 4.69) is 4.90 Å². The molecule has 0 fully saturated rings. The topological polar surface area (TPSA) is 32.7 Å². The average Bonchev–Trinajstić information content (AvgIpc) is 2.46. The van der Waals surface area contributed by atoms with Crippen molar-refractivity contribution in [2.24, 2.45) is 0 Å². The van der Waals surface area contributed by atoms with Crippen LogP contribution in [0, 0.1) is 0 Å². The molecule has 1 atom stereocenters. The molecule has 1 N–H and O–H groups in total. The SMILES string of the molecule is COc1cccc(CN(C)C)c1C(O)c1ccccc1. The standard InChI is InChI=1S/C17H21NO2/c1-18(2)12-14-10-7-11-15(20-3)16(14)17(19)13-8-5-4-6-9-13/h4-11,17,19H,12H2,1-3H3. The number of ether oxygens (including phenoxy) is 1. The monoisotopic (exact) mass is 271 g/mol. The Morgan fingerprint density at radius 1 is 1.05 bits per heavy atom. The minimum atomic E-state index is -0.678. The first-order valence-corrected chi connectivity index (χ1v) is 6.67. The number of aliphatic hydroxyl groups excluding tert-OH is 1. The van der Waals surface area contributed by atoms with Gasteiger partial charge in [-0.15, -0.1) is 0 Å². The molecule has 0 spiro atoms. The summed E-state index contributed by atoms with van der Waals surface area (Å²) in [5.74, 6) is 0.723. The maximum absolute atomic E-state index is 10.7. The molecule has 0 saturated heterocycles. The Morgan fingerprint density at radius 3 is 2.35 bits per heavy atom. The minimum Gasteiger partial charge on any atom is -0.496 e. The van der Waals surface area contributed by atoms with Gasteiger partial charge in [0.05, 0.1) is 7.11 Å². The Bertz CT molecular complexity index is 552. The van der Waals surface area contributed by atoms with Crippen LogP contribution in [-0.2, 0) is 6.54 Å². The number of hydrogen-bond acceptors (Lipinski definition) is 3. The normalized spacial score (nSPS) is 12.4. The Hall–Kier alpha value is -1.84. The summed E-state index contributed by atoms with van der Waals surface area (Å²) < 4.78 is 5.43. The van der Waals surface area contributed by atoms with Gasteiger partial charge in [0.2, 0.25) is 0 Å². The van der Waals surface area contributed by atoms with Gasteiger partial charge in [-0.25, -0.2) is 0 Å². The third-order valence-electron chi connectivity index (χ3n) is 3.25. The lowest BCUT2D eigenvalue weighted by Crippen LogP contribution is -2.15. The van der Waals surface area contributed by atoms with Gasteiger partial charge in [-0.1, -0.05) is 42.5 Å². The molecule has 3 nitrogen and oxygen atoms in total. The molecule has 2 rings (SSSR count). The first kappa shape index (κ1) is 14.6. The molecule has 1 unspecified atom stereocenters. The van der Waals surface area contributed by atoms with Gasteiger partial charge in [0, 0.05) is 12.1 Å².